The quantitative estimate of drug-likeness (QED) is 0.605. The van der Waals surface area contributed by atoms with Gasteiger partial charge in [-0.3, -0.25) is 9.59 Å². The van der Waals surface area contributed by atoms with Crippen LogP contribution in [0.25, 0.3) is 0 Å². The van der Waals surface area contributed by atoms with E-state index in [0.29, 0.717) is 35.9 Å². The minimum absolute atomic E-state index is 0.0262. The molecule has 0 radical (unpaired) electrons. The summed E-state index contributed by atoms with van der Waals surface area (Å²) in [6, 6.07) is 19.1. The minimum Gasteiger partial charge on any atom is -0.338 e. The molecule has 33 heavy (non-hydrogen) atoms. The Morgan fingerprint density at radius 1 is 0.879 bits per heavy atom. The molecule has 0 aliphatic carbocycles. The lowest BCUT2D eigenvalue weighted by Gasteiger charge is -2.43. The van der Waals surface area contributed by atoms with Gasteiger partial charge in [0.1, 0.15) is 5.69 Å². The summed E-state index contributed by atoms with van der Waals surface area (Å²) >= 11 is 5.87. The lowest BCUT2D eigenvalue weighted by Crippen LogP contribution is -2.49. The standard InChI is InChI=1S/C25H23ClN4O3/c26-19-6-8-20(9-7-19)27-25(33)28-21-10-11-22-18-12-16(14-30(22)24(21)32)13-29(15-18)23(31)17-4-2-1-3-5-17/h1-11,16,18H,12-15H2,(H2,27,28,33). The van der Waals surface area contributed by atoms with E-state index in [9.17, 15) is 14.4 Å². The van der Waals surface area contributed by atoms with Gasteiger partial charge >= 0.3 is 6.03 Å². The summed E-state index contributed by atoms with van der Waals surface area (Å²) in [5.41, 5.74) is 2.16. The molecular formula is C25H23ClN4O3. The number of piperidine rings is 1. The number of likely N-dealkylation sites (tertiary alicyclic amines) is 1. The first-order valence-corrected chi connectivity index (χ1v) is 11.3. The van der Waals surface area contributed by atoms with E-state index in [-0.39, 0.29) is 29.0 Å². The molecule has 2 aromatic carbocycles. The van der Waals surface area contributed by atoms with Crippen molar-refractivity contribution >= 4 is 34.9 Å². The number of fused-ring (bicyclic) bond motifs is 4. The average Bonchev–Trinajstić information content (AvgIpc) is 2.82. The Morgan fingerprint density at radius 2 is 1.64 bits per heavy atom. The Bertz CT molecular complexity index is 1260. The molecule has 1 fully saturated rings. The van der Waals surface area contributed by atoms with E-state index in [1.807, 2.05) is 41.3 Å². The maximum atomic E-state index is 13.1. The Hall–Kier alpha value is -3.58. The van der Waals surface area contributed by atoms with Gasteiger partial charge in [0.25, 0.3) is 11.5 Å². The van der Waals surface area contributed by atoms with E-state index >= 15 is 0 Å². The molecule has 2 unspecified atom stereocenters. The Balaban J connectivity index is 1.32. The second-order valence-electron chi connectivity index (χ2n) is 8.55. The molecule has 2 aliphatic rings. The summed E-state index contributed by atoms with van der Waals surface area (Å²) in [7, 11) is 0. The molecular weight excluding hydrogens is 440 g/mol. The number of halogens is 1. The number of pyridine rings is 1. The van der Waals surface area contributed by atoms with Gasteiger partial charge in [0, 0.05) is 47.5 Å². The van der Waals surface area contributed by atoms with Crippen molar-refractivity contribution in [1.82, 2.24) is 9.47 Å². The SMILES string of the molecule is O=C(Nc1ccc(Cl)cc1)Nc1ccc2n(c1=O)CC1CC2CN(C(=O)c2ccccc2)C1. The van der Waals surface area contributed by atoms with Crippen molar-refractivity contribution in [2.45, 2.75) is 18.9 Å². The van der Waals surface area contributed by atoms with E-state index in [2.05, 4.69) is 10.6 Å². The van der Waals surface area contributed by atoms with Crippen LogP contribution in [0.3, 0.4) is 0 Å². The molecule has 2 aliphatic heterocycles. The maximum Gasteiger partial charge on any atom is 0.323 e. The highest BCUT2D eigenvalue weighted by molar-refractivity contribution is 6.30. The van der Waals surface area contributed by atoms with Gasteiger partial charge in [-0.25, -0.2) is 4.79 Å². The second kappa shape index (κ2) is 8.75. The number of rotatable bonds is 3. The molecule has 3 amide bonds. The van der Waals surface area contributed by atoms with Crippen molar-refractivity contribution in [3.63, 3.8) is 0 Å². The first-order chi connectivity index (χ1) is 16.0. The fourth-order valence-corrected chi connectivity index (χ4v) is 4.91. The smallest absolute Gasteiger partial charge is 0.323 e. The second-order valence-corrected chi connectivity index (χ2v) is 8.98. The van der Waals surface area contributed by atoms with Crippen LogP contribution in [0.1, 0.15) is 28.4 Å². The number of benzene rings is 2. The van der Waals surface area contributed by atoms with Crippen molar-refractivity contribution in [3.8, 4) is 0 Å². The molecule has 168 valence electrons. The summed E-state index contributed by atoms with van der Waals surface area (Å²) in [6.45, 7) is 1.72. The molecule has 2 N–H and O–H groups in total. The topological polar surface area (TPSA) is 83.4 Å². The van der Waals surface area contributed by atoms with Crippen LogP contribution in [0.15, 0.2) is 71.5 Å². The number of carbonyl (C=O) groups excluding carboxylic acids is 2. The molecule has 2 bridgehead atoms. The normalized spacial score (nSPS) is 18.9. The van der Waals surface area contributed by atoms with Crippen LogP contribution in [0.2, 0.25) is 5.02 Å². The Morgan fingerprint density at radius 3 is 2.39 bits per heavy atom. The fraction of sp³-hybridized carbons (Fsp3) is 0.240. The van der Waals surface area contributed by atoms with Gasteiger partial charge < -0.3 is 20.1 Å². The third-order valence-electron chi connectivity index (χ3n) is 6.26. The molecule has 5 rings (SSSR count). The van der Waals surface area contributed by atoms with Crippen molar-refractivity contribution < 1.29 is 9.59 Å². The van der Waals surface area contributed by atoms with Crippen LogP contribution in [0, 0.1) is 5.92 Å². The summed E-state index contributed by atoms with van der Waals surface area (Å²) in [5, 5.41) is 5.93. The molecule has 1 aromatic heterocycles. The number of hydrogen-bond acceptors (Lipinski definition) is 3. The van der Waals surface area contributed by atoms with Crippen molar-refractivity contribution in [1.29, 1.82) is 0 Å². The van der Waals surface area contributed by atoms with Crippen molar-refractivity contribution in [2.24, 2.45) is 5.92 Å². The van der Waals surface area contributed by atoms with Gasteiger partial charge in [0.05, 0.1) is 0 Å². The van der Waals surface area contributed by atoms with E-state index in [0.717, 1.165) is 12.1 Å². The predicted molar refractivity (Wildman–Crippen MR) is 128 cm³/mol. The van der Waals surface area contributed by atoms with Crippen LogP contribution in [-0.2, 0) is 6.54 Å². The number of carbonyl (C=O) groups is 2. The van der Waals surface area contributed by atoms with Crippen molar-refractivity contribution in [3.05, 3.63) is 93.4 Å². The van der Waals surface area contributed by atoms with Gasteiger partial charge in [-0.1, -0.05) is 29.8 Å². The highest BCUT2D eigenvalue weighted by Crippen LogP contribution is 2.36. The van der Waals surface area contributed by atoms with Gasteiger partial charge in [-0.2, -0.15) is 0 Å². The number of amides is 3. The average molecular weight is 463 g/mol. The van der Waals surface area contributed by atoms with E-state index < -0.39 is 6.03 Å². The first-order valence-electron chi connectivity index (χ1n) is 10.9. The predicted octanol–water partition coefficient (Wildman–Crippen LogP) is 4.41. The number of aromatic nitrogens is 1. The highest BCUT2D eigenvalue weighted by Gasteiger charge is 2.37. The molecule has 8 heteroatoms. The van der Waals surface area contributed by atoms with Gasteiger partial charge in [-0.15, -0.1) is 0 Å². The van der Waals surface area contributed by atoms with E-state index in [1.54, 1.807) is 34.9 Å². The zero-order chi connectivity index (χ0) is 22.9. The summed E-state index contributed by atoms with van der Waals surface area (Å²) in [5.74, 6) is 0.313. The Kier molecular flexibility index (Phi) is 5.64. The maximum absolute atomic E-state index is 13.1. The van der Waals surface area contributed by atoms with E-state index in [4.69, 9.17) is 11.6 Å². The molecule has 2 atom stereocenters. The van der Waals surface area contributed by atoms with Gasteiger partial charge in [0.15, 0.2) is 0 Å². The monoisotopic (exact) mass is 462 g/mol. The summed E-state index contributed by atoms with van der Waals surface area (Å²) in [6.07, 6.45) is 0.946. The van der Waals surface area contributed by atoms with Crippen LogP contribution < -0.4 is 16.2 Å². The van der Waals surface area contributed by atoms with E-state index in [1.165, 1.54) is 0 Å². The molecule has 7 nitrogen and oxygen atoms in total. The van der Waals surface area contributed by atoms with Crippen LogP contribution in [0.5, 0.6) is 0 Å². The number of hydrogen-bond donors (Lipinski definition) is 2. The van der Waals surface area contributed by atoms with Gasteiger partial charge in [0.2, 0.25) is 0 Å². The summed E-state index contributed by atoms with van der Waals surface area (Å²) < 4.78 is 1.75. The zero-order valence-electron chi connectivity index (χ0n) is 17.8. The Labute approximate surface area is 196 Å². The van der Waals surface area contributed by atoms with Crippen LogP contribution >= 0.6 is 11.6 Å². The first kappa shape index (κ1) is 21.3. The lowest BCUT2D eigenvalue weighted by molar-refractivity contribution is 0.0594. The fourth-order valence-electron chi connectivity index (χ4n) is 4.79. The highest BCUT2D eigenvalue weighted by atomic mass is 35.5. The van der Waals surface area contributed by atoms with Crippen LogP contribution in [-0.4, -0.2) is 34.5 Å². The number of urea groups is 1. The summed E-state index contributed by atoms with van der Waals surface area (Å²) in [4.78, 5) is 40.4. The molecule has 0 saturated carbocycles. The largest absolute Gasteiger partial charge is 0.338 e. The van der Waals surface area contributed by atoms with Crippen LogP contribution in [0.4, 0.5) is 16.2 Å². The zero-order valence-corrected chi connectivity index (χ0v) is 18.6. The molecule has 3 heterocycles. The lowest BCUT2D eigenvalue weighted by atomic mass is 9.83. The third kappa shape index (κ3) is 4.36. The third-order valence-corrected chi connectivity index (χ3v) is 6.51. The molecule has 1 saturated heterocycles. The minimum atomic E-state index is -0.495. The van der Waals surface area contributed by atoms with Gasteiger partial charge in [-0.05, 0) is 60.9 Å². The molecule has 3 aromatic rings. The number of nitrogens with zero attached hydrogens (tertiary/aromatic N) is 2. The van der Waals surface area contributed by atoms with Crippen molar-refractivity contribution in [2.75, 3.05) is 23.7 Å². The number of nitrogens with one attached hydrogen (secondary N) is 2. The molecule has 0 spiro atoms. The number of anilines is 2.